The van der Waals surface area contributed by atoms with Crippen LogP contribution in [-0.4, -0.2) is 24.6 Å². The molecule has 0 aliphatic rings. The number of anilines is 2. The Morgan fingerprint density at radius 3 is 2.20 bits per heavy atom. The van der Waals surface area contributed by atoms with Crippen molar-refractivity contribution in [1.82, 2.24) is 0 Å². The summed E-state index contributed by atoms with van der Waals surface area (Å²) in [4.78, 5) is 24.9. The van der Waals surface area contributed by atoms with Gasteiger partial charge in [-0.05, 0) is 36.8 Å². The van der Waals surface area contributed by atoms with Crippen LogP contribution < -0.4 is 10.6 Å². The van der Waals surface area contributed by atoms with E-state index in [4.69, 9.17) is 10.1 Å². The Morgan fingerprint density at radius 2 is 1.60 bits per heavy atom. The second kappa shape index (κ2) is 8.75. The molecule has 3 N–H and O–H groups in total. The summed E-state index contributed by atoms with van der Waals surface area (Å²) < 4.78 is 5.07. The minimum Gasteiger partial charge on any atom is -0.380 e. The molecular formula is C19H21N3O3. The molecule has 0 saturated heterocycles. The summed E-state index contributed by atoms with van der Waals surface area (Å²) in [7, 11) is 1.59. The molecule has 6 heteroatoms. The Balaban J connectivity index is 2.11. The van der Waals surface area contributed by atoms with Crippen molar-refractivity contribution in [3.8, 4) is 0 Å². The van der Waals surface area contributed by atoms with E-state index in [2.05, 4.69) is 10.6 Å². The fourth-order valence-corrected chi connectivity index (χ4v) is 2.37. The molecule has 0 aliphatic heterocycles. The van der Waals surface area contributed by atoms with Gasteiger partial charge >= 0.3 is 0 Å². The van der Waals surface area contributed by atoms with Crippen LogP contribution in [0.15, 0.2) is 54.6 Å². The van der Waals surface area contributed by atoms with Crippen LogP contribution in [0.2, 0.25) is 0 Å². The molecule has 0 saturated carbocycles. The average molecular weight is 339 g/mol. The van der Waals surface area contributed by atoms with Crippen LogP contribution in [0.4, 0.5) is 11.4 Å². The van der Waals surface area contributed by atoms with Crippen molar-refractivity contribution in [3.05, 3.63) is 60.2 Å². The summed E-state index contributed by atoms with van der Waals surface area (Å²) in [6, 6.07) is 16.0. The highest BCUT2D eigenvalue weighted by Gasteiger charge is 2.29. The fourth-order valence-electron chi connectivity index (χ4n) is 2.37. The van der Waals surface area contributed by atoms with Crippen LogP contribution in [0, 0.1) is 11.3 Å². The lowest BCUT2D eigenvalue weighted by Gasteiger charge is -2.16. The molecule has 2 amide bonds. The number of para-hydroxylation sites is 1. The Kier molecular flexibility index (Phi) is 6.42. The Labute approximate surface area is 146 Å². The molecule has 0 aliphatic carbocycles. The van der Waals surface area contributed by atoms with Gasteiger partial charge in [0, 0.05) is 24.2 Å². The molecule has 0 fully saturated rings. The molecule has 0 radical (unpaired) electrons. The number of benzene rings is 2. The zero-order chi connectivity index (χ0) is 18.2. The van der Waals surface area contributed by atoms with Gasteiger partial charge in [-0.3, -0.25) is 9.59 Å². The van der Waals surface area contributed by atoms with Gasteiger partial charge in [-0.2, -0.15) is 0 Å². The lowest BCUT2D eigenvalue weighted by molar-refractivity contribution is -0.126. The number of ether oxygens (including phenoxy) is 1. The van der Waals surface area contributed by atoms with Crippen LogP contribution in [0.1, 0.15) is 12.5 Å². The first-order valence-electron chi connectivity index (χ1n) is 7.81. The molecule has 0 bridgehead atoms. The molecule has 2 aromatic rings. The third-order valence-electron chi connectivity index (χ3n) is 3.50. The lowest BCUT2D eigenvalue weighted by atomic mass is 10.0. The van der Waals surface area contributed by atoms with Gasteiger partial charge in [-0.1, -0.05) is 30.3 Å². The van der Waals surface area contributed by atoms with Crippen LogP contribution in [0.5, 0.6) is 0 Å². The zero-order valence-electron chi connectivity index (χ0n) is 14.2. The van der Waals surface area contributed by atoms with Gasteiger partial charge in [0.1, 0.15) is 0 Å². The number of methoxy groups -OCH3 is 1. The highest BCUT2D eigenvalue weighted by molar-refractivity contribution is 6.24. The predicted octanol–water partition coefficient (Wildman–Crippen LogP) is 3.07. The van der Waals surface area contributed by atoms with Gasteiger partial charge in [0.25, 0.3) is 0 Å². The topological polar surface area (TPSA) is 91.3 Å². The maximum absolute atomic E-state index is 12.5. The smallest absolute Gasteiger partial charge is 0.242 e. The first-order valence-corrected chi connectivity index (χ1v) is 7.81. The normalized spacial score (nSPS) is 11.4. The van der Waals surface area contributed by atoms with Crippen molar-refractivity contribution in [3.63, 3.8) is 0 Å². The first kappa shape index (κ1) is 18.4. The molecule has 0 spiro atoms. The molecule has 2 rings (SSSR count). The van der Waals surface area contributed by atoms with Crippen LogP contribution in [-0.2, 0) is 20.9 Å². The highest BCUT2D eigenvalue weighted by atomic mass is 16.5. The van der Waals surface area contributed by atoms with Crippen LogP contribution >= 0.6 is 0 Å². The van der Waals surface area contributed by atoms with E-state index in [1.165, 1.54) is 6.92 Å². The van der Waals surface area contributed by atoms with Crippen molar-refractivity contribution in [2.45, 2.75) is 13.5 Å². The second-order valence-electron chi connectivity index (χ2n) is 5.59. The Morgan fingerprint density at radius 1 is 1.00 bits per heavy atom. The molecule has 0 aromatic heterocycles. The molecule has 1 unspecified atom stereocenters. The van der Waals surface area contributed by atoms with E-state index in [9.17, 15) is 9.59 Å². The minimum absolute atomic E-state index is 0.0287. The quantitative estimate of drug-likeness (QED) is 0.535. The Bertz CT molecular complexity index is 760. The SMILES string of the molecule is COCc1cccc(NC(=O)C(C(C)=N)C(=O)Nc2ccccc2)c1. The number of carbonyl (C=O) groups excluding carboxylic acids is 2. The molecule has 25 heavy (non-hydrogen) atoms. The van der Waals surface area contributed by atoms with E-state index < -0.39 is 17.7 Å². The third-order valence-corrected chi connectivity index (χ3v) is 3.50. The van der Waals surface area contributed by atoms with Crippen molar-refractivity contribution in [2.75, 3.05) is 17.7 Å². The van der Waals surface area contributed by atoms with E-state index >= 15 is 0 Å². The maximum Gasteiger partial charge on any atom is 0.242 e. The van der Waals surface area contributed by atoms with Crippen molar-refractivity contribution in [1.29, 1.82) is 5.41 Å². The van der Waals surface area contributed by atoms with E-state index in [1.807, 2.05) is 12.1 Å². The number of carbonyl (C=O) groups is 2. The van der Waals surface area contributed by atoms with Crippen LogP contribution in [0.3, 0.4) is 0 Å². The minimum atomic E-state index is -1.20. The summed E-state index contributed by atoms with van der Waals surface area (Å²) in [5.74, 6) is -2.29. The van der Waals surface area contributed by atoms with Crippen molar-refractivity contribution in [2.24, 2.45) is 5.92 Å². The Hall–Kier alpha value is -2.99. The van der Waals surface area contributed by atoms with Gasteiger partial charge in [0.2, 0.25) is 11.8 Å². The zero-order valence-corrected chi connectivity index (χ0v) is 14.2. The predicted molar refractivity (Wildman–Crippen MR) is 97.7 cm³/mol. The molecule has 2 aromatic carbocycles. The van der Waals surface area contributed by atoms with Gasteiger partial charge in [-0.25, -0.2) is 0 Å². The summed E-state index contributed by atoms with van der Waals surface area (Å²) in [5, 5.41) is 13.2. The average Bonchev–Trinajstić information content (AvgIpc) is 2.56. The number of rotatable bonds is 7. The molecule has 6 nitrogen and oxygen atoms in total. The van der Waals surface area contributed by atoms with Gasteiger partial charge in [-0.15, -0.1) is 0 Å². The summed E-state index contributed by atoms with van der Waals surface area (Å²) in [6.45, 7) is 1.86. The van der Waals surface area contributed by atoms with Gasteiger partial charge in [0.15, 0.2) is 5.92 Å². The molecule has 0 heterocycles. The summed E-state index contributed by atoms with van der Waals surface area (Å²) >= 11 is 0. The molecule has 1 atom stereocenters. The van der Waals surface area contributed by atoms with E-state index in [1.54, 1.807) is 49.6 Å². The monoisotopic (exact) mass is 339 g/mol. The van der Waals surface area contributed by atoms with Gasteiger partial charge < -0.3 is 20.8 Å². The number of nitrogens with one attached hydrogen (secondary N) is 3. The van der Waals surface area contributed by atoms with E-state index in [-0.39, 0.29) is 5.71 Å². The second-order valence-corrected chi connectivity index (χ2v) is 5.59. The maximum atomic E-state index is 12.5. The molecule has 130 valence electrons. The van der Waals surface area contributed by atoms with E-state index in [0.717, 1.165) is 5.56 Å². The standard InChI is InChI=1S/C19H21N3O3/c1-13(20)17(18(23)21-15-8-4-3-5-9-15)19(24)22-16-10-6-7-14(11-16)12-25-2/h3-11,17,20H,12H2,1-2H3,(H,21,23)(H,22,24). The summed E-state index contributed by atoms with van der Waals surface area (Å²) in [5.41, 5.74) is 2.00. The number of amides is 2. The fraction of sp³-hybridized carbons (Fsp3) is 0.211. The third kappa shape index (κ3) is 5.26. The largest absolute Gasteiger partial charge is 0.380 e. The number of hydrogen-bond acceptors (Lipinski definition) is 4. The van der Waals surface area contributed by atoms with Crippen LogP contribution in [0.25, 0.3) is 0 Å². The van der Waals surface area contributed by atoms with Crippen molar-refractivity contribution < 1.29 is 14.3 Å². The summed E-state index contributed by atoms with van der Waals surface area (Å²) in [6.07, 6.45) is 0. The molecular weight excluding hydrogens is 318 g/mol. The highest BCUT2D eigenvalue weighted by Crippen LogP contribution is 2.15. The lowest BCUT2D eigenvalue weighted by Crippen LogP contribution is -2.38. The van der Waals surface area contributed by atoms with Gasteiger partial charge in [0.05, 0.1) is 6.61 Å². The number of hydrogen-bond donors (Lipinski definition) is 3. The van der Waals surface area contributed by atoms with E-state index in [0.29, 0.717) is 18.0 Å². The van der Waals surface area contributed by atoms with Crippen molar-refractivity contribution >= 4 is 28.9 Å². The first-order chi connectivity index (χ1) is 12.0.